The molecule has 0 spiro atoms. The van der Waals surface area contributed by atoms with Gasteiger partial charge in [0.2, 0.25) is 0 Å². The maximum Gasteiger partial charge on any atom is 0.309 e. The molecule has 0 unspecified atom stereocenters. The minimum atomic E-state index is -0.222. The van der Waals surface area contributed by atoms with Gasteiger partial charge in [-0.3, -0.25) is 4.79 Å². The van der Waals surface area contributed by atoms with Crippen molar-refractivity contribution in [3.05, 3.63) is 11.8 Å². The Balaban J connectivity index is 3.79. The first-order valence-corrected chi connectivity index (χ1v) is 6.81. The SMILES string of the molecule is CCCCOC(=O)C/C=C(/CCl)OCCCC. The Morgan fingerprint density at radius 3 is 2.24 bits per heavy atom. The van der Waals surface area contributed by atoms with Crippen LogP contribution in [-0.2, 0) is 14.3 Å². The number of carbonyl (C=O) groups is 1. The van der Waals surface area contributed by atoms with Crippen LogP contribution in [0, 0.1) is 0 Å². The summed E-state index contributed by atoms with van der Waals surface area (Å²) in [5, 5.41) is 0. The Morgan fingerprint density at radius 1 is 1.12 bits per heavy atom. The summed E-state index contributed by atoms with van der Waals surface area (Å²) in [4.78, 5) is 11.3. The monoisotopic (exact) mass is 262 g/mol. The van der Waals surface area contributed by atoms with Crippen molar-refractivity contribution in [2.75, 3.05) is 19.1 Å². The van der Waals surface area contributed by atoms with E-state index in [2.05, 4.69) is 13.8 Å². The Kier molecular flexibility index (Phi) is 11.3. The van der Waals surface area contributed by atoms with Crippen LogP contribution < -0.4 is 0 Å². The van der Waals surface area contributed by atoms with Crippen LogP contribution in [0.3, 0.4) is 0 Å². The highest BCUT2D eigenvalue weighted by atomic mass is 35.5. The predicted octanol–water partition coefficient (Wildman–Crippen LogP) is 3.66. The van der Waals surface area contributed by atoms with Crippen molar-refractivity contribution in [3.63, 3.8) is 0 Å². The number of hydrogen-bond acceptors (Lipinski definition) is 3. The molecule has 0 saturated heterocycles. The van der Waals surface area contributed by atoms with E-state index in [0.717, 1.165) is 25.7 Å². The van der Waals surface area contributed by atoms with Crippen molar-refractivity contribution in [1.82, 2.24) is 0 Å². The van der Waals surface area contributed by atoms with Crippen LogP contribution in [0.15, 0.2) is 11.8 Å². The second-order valence-corrected chi connectivity index (χ2v) is 4.05. The molecule has 0 atom stereocenters. The van der Waals surface area contributed by atoms with Gasteiger partial charge in [0.1, 0.15) is 5.76 Å². The molecule has 0 N–H and O–H groups in total. The van der Waals surface area contributed by atoms with Crippen LogP contribution in [0.4, 0.5) is 0 Å². The van der Waals surface area contributed by atoms with E-state index >= 15 is 0 Å². The Morgan fingerprint density at radius 2 is 1.71 bits per heavy atom. The number of rotatable bonds is 10. The number of ether oxygens (including phenoxy) is 2. The first-order valence-electron chi connectivity index (χ1n) is 6.28. The van der Waals surface area contributed by atoms with Gasteiger partial charge < -0.3 is 9.47 Å². The molecule has 17 heavy (non-hydrogen) atoms. The van der Waals surface area contributed by atoms with Crippen molar-refractivity contribution < 1.29 is 14.3 Å². The van der Waals surface area contributed by atoms with Crippen LogP contribution in [0.25, 0.3) is 0 Å². The number of alkyl halides is 1. The van der Waals surface area contributed by atoms with E-state index in [9.17, 15) is 4.79 Å². The molecule has 0 aliphatic carbocycles. The number of unbranched alkanes of at least 4 members (excludes halogenated alkanes) is 2. The third-order valence-corrected chi connectivity index (χ3v) is 2.44. The van der Waals surface area contributed by atoms with E-state index in [0.29, 0.717) is 24.9 Å². The summed E-state index contributed by atoms with van der Waals surface area (Å²) >= 11 is 5.71. The number of carbonyl (C=O) groups excluding carboxylic acids is 1. The van der Waals surface area contributed by atoms with E-state index in [1.807, 2.05) is 0 Å². The van der Waals surface area contributed by atoms with Crippen LogP contribution in [-0.4, -0.2) is 25.1 Å². The average Bonchev–Trinajstić information content (AvgIpc) is 2.34. The van der Waals surface area contributed by atoms with Crippen LogP contribution in [0.2, 0.25) is 0 Å². The van der Waals surface area contributed by atoms with Gasteiger partial charge in [0.25, 0.3) is 0 Å². The second kappa shape index (κ2) is 11.8. The second-order valence-electron chi connectivity index (χ2n) is 3.78. The molecule has 3 nitrogen and oxygen atoms in total. The Labute approximate surface area is 109 Å². The normalized spacial score (nSPS) is 11.4. The van der Waals surface area contributed by atoms with Crippen LogP contribution >= 0.6 is 11.6 Å². The number of allylic oxidation sites excluding steroid dienone is 1. The molecule has 0 heterocycles. The van der Waals surface area contributed by atoms with Crippen LogP contribution in [0.5, 0.6) is 0 Å². The van der Waals surface area contributed by atoms with Gasteiger partial charge in [0, 0.05) is 0 Å². The molecule has 0 aliphatic heterocycles. The van der Waals surface area contributed by atoms with Crippen LogP contribution in [0.1, 0.15) is 46.0 Å². The van der Waals surface area contributed by atoms with Gasteiger partial charge in [-0.15, -0.1) is 11.6 Å². The average molecular weight is 263 g/mol. The first-order chi connectivity index (χ1) is 8.24. The van der Waals surface area contributed by atoms with E-state index in [1.165, 1.54) is 0 Å². The van der Waals surface area contributed by atoms with Crippen molar-refractivity contribution >= 4 is 17.6 Å². The van der Waals surface area contributed by atoms with E-state index < -0.39 is 0 Å². The molecule has 0 aromatic carbocycles. The van der Waals surface area contributed by atoms with Crippen molar-refractivity contribution in [1.29, 1.82) is 0 Å². The molecule has 0 fully saturated rings. The zero-order valence-electron chi connectivity index (χ0n) is 10.8. The minimum Gasteiger partial charge on any atom is -0.497 e. The highest BCUT2D eigenvalue weighted by molar-refractivity contribution is 6.19. The van der Waals surface area contributed by atoms with Crippen molar-refractivity contribution in [2.24, 2.45) is 0 Å². The quantitative estimate of drug-likeness (QED) is 0.261. The fourth-order valence-electron chi connectivity index (χ4n) is 1.09. The zero-order chi connectivity index (χ0) is 12.9. The lowest BCUT2D eigenvalue weighted by molar-refractivity contribution is -0.142. The summed E-state index contributed by atoms with van der Waals surface area (Å²) in [6, 6.07) is 0. The van der Waals surface area contributed by atoms with E-state index in [4.69, 9.17) is 21.1 Å². The van der Waals surface area contributed by atoms with E-state index in [-0.39, 0.29) is 12.4 Å². The van der Waals surface area contributed by atoms with Gasteiger partial charge in [-0.1, -0.05) is 26.7 Å². The van der Waals surface area contributed by atoms with Gasteiger partial charge in [-0.2, -0.15) is 0 Å². The maximum atomic E-state index is 11.3. The fraction of sp³-hybridized carbons (Fsp3) is 0.769. The molecule has 0 saturated carbocycles. The molecule has 100 valence electrons. The summed E-state index contributed by atoms with van der Waals surface area (Å²) in [6.45, 7) is 5.30. The zero-order valence-corrected chi connectivity index (χ0v) is 11.6. The summed E-state index contributed by atoms with van der Waals surface area (Å²) in [6.07, 6.45) is 5.94. The lowest BCUT2D eigenvalue weighted by atomic mass is 10.3. The Hall–Kier alpha value is -0.700. The van der Waals surface area contributed by atoms with Gasteiger partial charge in [0.05, 0.1) is 25.5 Å². The third kappa shape index (κ3) is 10.2. The van der Waals surface area contributed by atoms with Gasteiger partial charge in [-0.25, -0.2) is 0 Å². The summed E-state index contributed by atoms with van der Waals surface area (Å²) in [5.74, 6) is 0.735. The number of halogens is 1. The van der Waals surface area contributed by atoms with Crippen molar-refractivity contribution in [3.8, 4) is 0 Å². The summed E-state index contributed by atoms with van der Waals surface area (Å²) in [7, 11) is 0. The molecule has 4 heteroatoms. The van der Waals surface area contributed by atoms with Gasteiger partial charge in [0.15, 0.2) is 0 Å². The first kappa shape index (κ1) is 16.3. The molecule has 0 rings (SSSR count). The van der Waals surface area contributed by atoms with Gasteiger partial charge in [-0.05, 0) is 18.9 Å². The molecule has 0 bridgehead atoms. The Bertz CT molecular complexity index is 227. The smallest absolute Gasteiger partial charge is 0.309 e. The lowest BCUT2D eigenvalue weighted by Crippen LogP contribution is -2.05. The molecule has 0 amide bonds. The standard InChI is InChI=1S/C13H23ClO3/c1-3-5-9-16-12(11-14)7-8-13(15)17-10-6-4-2/h7H,3-6,8-11H2,1-2H3/b12-7-. The highest BCUT2D eigenvalue weighted by Crippen LogP contribution is 2.05. The largest absolute Gasteiger partial charge is 0.497 e. The molecule has 0 aromatic heterocycles. The summed E-state index contributed by atoms with van der Waals surface area (Å²) in [5.41, 5.74) is 0. The number of esters is 1. The van der Waals surface area contributed by atoms with Crippen molar-refractivity contribution in [2.45, 2.75) is 46.0 Å². The minimum absolute atomic E-state index is 0.222. The lowest BCUT2D eigenvalue weighted by Gasteiger charge is -2.07. The third-order valence-electron chi connectivity index (χ3n) is 2.17. The molecular weight excluding hydrogens is 240 g/mol. The molecule has 0 radical (unpaired) electrons. The highest BCUT2D eigenvalue weighted by Gasteiger charge is 2.02. The van der Waals surface area contributed by atoms with Gasteiger partial charge >= 0.3 is 5.97 Å². The summed E-state index contributed by atoms with van der Waals surface area (Å²) < 4.78 is 10.4. The molecule has 0 aromatic rings. The molecular formula is C13H23ClO3. The molecule has 0 aliphatic rings. The van der Waals surface area contributed by atoms with E-state index in [1.54, 1.807) is 6.08 Å². The topological polar surface area (TPSA) is 35.5 Å². The maximum absolute atomic E-state index is 11.3. The predicted molar refractivity (Wildman–Crippen MR) is 70.1 cm³/mol. The fourth-order valence-corrected chi connectivity index (χ4v) is 1.27. The number of hydrogen-bond donors (Lipinski definition) is 0.